The van der Waals surface area contributed by atoms with Crippen LogP contribution in [-0.2, 0) is 5.60 Å². The van der Waals surface area contributed by atoms with E-state index in [1.54, 1.807) is 0 Å². The van der Waals surface area contributed by atoms with E-state index in [-0.39, 0.29) is 5.41 Å². The highest BCUT2D eigenvalue weighted by Crippen LogP contribution is 2.49. The van der Waals surface area contributed by atoms with Gasteiger partial charge in [-0.1, -0.05) is 51.1 Å². The third kappa shape index (κ3) is 3.13. The summed E-state index contributed by atoms with van der Waals surface area (Å²) in [5.41, 5.74) is 1.63. The zero-order chi connectivity index (χ0) is 19.9. The van der Waals surface area contributed by atoms with Gasteiger partial charge in [-0.3, -0.25) is 0 Å². The van der Waals surface area contributed by atoms with Crippen LogP contribution in [0.5, 0.6) is 0 Å². The van der Waals surface area contributed by atoms with Crippen LogP contribution < -0.4 is 4.90 Å². The van der Waals surface area contributed by atoms with Gasteiger partial charge in [0.25, 0.3) is 0 Å². The first-order valence-electron chi connectivity index (χ1n) is 10.6. The fraction of sp³-hybridized carbons (Fsp3) is 0.542. The molecule has 4 heteroatoms. The molecule has 2 fully saturated rings. The van der Waals surface area contributed by atoms with Gasteiger partial charge in [0.05, 0.1) is 5.69 Å². The zero-order valence-corrected chi connectivity index (χ0v) is 17.7. The Morgan fingerprint density at radius 3 is 2.25 bits per heavy atom. The smallest absolute Gasteiger partial charge is 0.139 e. The molecular formula is C24H33N3O. The van der Waals surface area contributed by atoms with Crippen molar-refractivity contribution in [3.05, 3.63) is 59.3 Å². The number of anilines is 1. The van der Waals surface area contributed by atoms with Crippen molar-refractivity contribution in [2.75, 3.05) is 38.1 Å². The summed E-state index contributed by atoms with van der Waals surface area (Å²) in [4.78, 5) is 9.59. The number of aromatic nitrogens is 1. The molecule has 2 aromatic rings. The summed E-state index contributed by atoms with van der Waals surface area (Å²) in [5.74, 6) is 1.47. The van der Waals surface area contributed by atoms with Crippen molar-refractivity contribution in [3.63, 3.8) is 0 Å². The molecule has 1 unspecified atom stereocenters. The normalized spacial score (nSPS) is 21.6. The monoisotopic (exact) mass is 379 g/mol. The number of likely N-dealkylation sites (tertiary alicyclic amines) is 1. The van der Waals surface area contributed by atoms with E-state index in [4.69, 9.17) is 4.98 Å². The first-order valence-corrected chi connectivity index (χ1v) is 10.6. The fourth-order valence-electron chi connectivity index (χ4n) is 5.04. The van der Waals surface area contributed by atoms with Crippen molar-refractivity contribution >= 4 is 5.82 Å². The maximum atomic E-state index is 12.2. The number of pyridine rings is 1. The molecule has 3 heterocycles. The lowest BCUT2D eigenvalue weighted by Gasteiger charge is -2.55. The Bertz CT molecular complexity index is 820. The Hall–Kier alpha value is -1.91. The van der Waals surface area contributed by atoms with E-state index in [0.29, 0.717) is 5.92 Å². The molecule has 2 saturated heterocycles. The summed E-state index contributed by atoms with van der Waals surface area (Å²) in [6.45, 7) is 10.4. The molecule has 1 atom stereocenters. The van der Waals surface area contributed by atoms with E-state index in [2.05, 4.69) is 74.0 Å². The average Bonchev–Trinajstić information content (AvgIpc) is 3.21. The predicted molar refractivity (Wildman–Crippen MR) is 115 cm³/mol. The minimum atomic E-state index is -1.11. The van der Waals surface area contributed by atoms with Gasteiger partial charge >= 0.3 is 0 Å². The van der Waals surface area contributed by atoms with Gasteiger partial charge in [0.2, 0.25) is 0 Å². The van der Waals surface area contributed by atoms with E-state index in [1.807, 2.05) is 6.07 Å². The largest absolute Gasteiger partial charge is 0.378 e. The zero-order valence-electron chi connectivity index (χ0n) is 17.7. The van der Waals surface area contributed by atoms with Gasteiger partial charge in [0.15, 0.2) is 0 Å². The summed E-state index contributed by atoms with van der Waals surface area (Å²) >= 11 is 0. The van der Waals surface area contributed by atoms with Gasteiger partial charge in [0, 0.05) is 31.6 Å². The molecule has 150 valence electrons. The van der Waals surface area contributed by atoms with E-state index < -0.39 is 5.60 Å². The van der Waals surface area contributed by atoms with E-state index in [1.165, 1.54) is 18.4 Å². The first kappa shape index (κ1) is 19.4. The SMILES string of the molecule is CC(C)c1ccc(C(O)(c2cccc(N3CCCC3)n2)C2(C)CN(C)C2)cc1. The summed E-state index contributed by atoms with van der Waals surface area (Å²) in [6.07, 6.45) is 2.44. The number of benzene rings is 1. The van der Waals surface area contributed by atoms with Gasteiger partial charge in [-0.2, -0.15) is 0 Å². The minimum absolute atomic E-state index is 0.266. The van der Waals surface area contributed by atoms with Crippen LogP contribution in [-0.4, -0.2) is 48.2 Å². The van der Waals surface area contributed by atoms with Crippen molar-refractivity contribution in [1.29, 1.82) is 0 Å². The number of hydrogen-bond acceptors (Lipinski definition) is 4. The van der Waals surface area contributed by atoms with E-state index >= 15 is 0 Å². The van der Waals surface area contributed by atoms with Gasteiger partial charge in [-0.25, -0.2) is 4.98 Å². The number of aliphatic hydroxyl groups is 1. The molecule has 1 aromatic heterocycles. The van der Waals surface area contributed by atoms with E-state index in [9.17, 15) is 5.11 Å². The van der Waals surface area contributed by atoms with Crippen LogP contribution >= 0.6 is 0 Å². The van der Waals surface area contributed by atoms with Gasteiger partial charge in [0.1, 0.15) is 11.4 Å². The van der Waals surface area contributed by atoms with Crippen LogP contribution in [0.25, 0.3) is 0 Å². The van der Waals surface area contributed by atoms with Gasteiger partial charge < -0.3 is 14.9 Å². The summed E-state index contributed by atoms with van der Waals surface area (Å²) in [7, 11) is 2.11. The second-order valence-corrected chi connectivity index (χ2v) is 9.30. The molecule has 1 N–H and O–H groups in total. The lowest BCUT2D eigenvalue weighted by atomic mass is 9.63. The van der Waals surface area contributed by atoms with Crippen molar-refractivity contribution in [2.24, 2.45) is 5.41 Å². The van der Waals surface area contributed by atoms with Crippen LogP contribution in [0.3, 0.4) is 0 Å². The highest BCUT2D eigenvalue weighted by atomic mass is 16.3. The maximum absolute atomic E-state index is 12.2. The maximum Gasteiger partial charge on any atom is 0.139 e. The summed E-state index contributed by atoms with van der Waals surface area (Å²) in [5, 5.41) is 12.2. The molecule has 2 aliphatic heterocycles. The molecule has 0 bridgehead atoms. The quantitative estimate of drug-likeness (QED) is 0.853. The molecule has 0 radical (unpaired) electrons. The number of nitrogens with zero attached hydrogens (tertiary/aromatic N) is 3. The topological polar surface area (TPSA) is 39.6 Å². The average molecular weight is 380 g/mol. The lowest BCUT2D eigenvalue weighted by molar-refractivity contribution is -0.129. The second kappa shape index (κ2) is 7.16. The summed E-state index contributed by atoms with van der Waals surface area (Å²) < 4.78 is 0. The molecule has 0 amide bonds. The summed E-state index contributed by atoms with van der Waals surface area (Å²) in [6, 6.07) is 14.6. The Morgan fingerprint density at radius 1 is 1.04 bits per heavy atom. The highest BCUT2D eigenvalue weighted by molar-refractivity contribution is 5.45. The third-order valence-corrected chi connectivity index (χ3v) is 6.64. The predicted octanol–water partition coefficient (Wildman–Crippen LogP) is 3.99. The lowest BCUT2D eigenvalue weighted by Crippen LogP contribution is -2.63. The molecule has 0 aliphatic carbocycles. The molecular weight excluding hydrogens is 346 g/mol. The Labute approximate surface area is 169 Å². The standard InChI is InChI=1S/C24H33N3O/c1-18(2)19-10-12-20(13-11-19)24(28,23(3)16-26(4)17-23)21-8-7-9-22(25-21)27-14-5-6-15-27/h7-13,18,28H,5-6,14-17H2,1-4H3. The molecule has 4 rings (SSSR count). The first-order chi connectivity index (χ1) is 13.3. The molecule has 1 aromatic carbocycles. The Kier molecular flexibility index (Phi) is 4.96. The van der Waals surface area contributed by atoms with Crippen LogP contribution in [0.4, 0.5) is 5.82 Å². The molecule has 28 heavy (non-hydrogen) atoms. The highest BCUT2D eigenvalue weighted by Gasteiger charge is 2.56. The molecule has 2 aliphatic rings. The number of hydrogen-bond donors (Lipinski definition) is 1. The van der Waals surface area contributed by atoms with E-state index in [0.717, 1.165) is 43.3 Å². The van der Waals surface area contributed by atoms with Crippen LogP contribution in [0.2, 0.25) is 0 Å². The van der Waals surface area contributed by atoms with Crippen molar-refractivity contribution in [3.8, 4) is 0 Å². The molecule has 0 spiro atoms. The second-order valence-electron chi connectivity index (χ2n) is 9.30. The Morgan fingerprint density at radius 2 is 1.68 bits per heavy atom. The van der Waals surface area contributed by atoms with Crippen LogP contribution in [0, 0.1) is 5.41 Å². The Balaban J connectivity index is 1.79. The van der Waals surface area contributed by atoms with Crippen molar-refractivity contribution < 1.29 is 5.11 Å². The van der Waals surface area contributed by atoms with Crippen molar-refractivity contribution in [1.82, 2.24) is 9.88 Å². The van der Waals surface area contributed by atoms with Crippen LogP contribution in [0.15, 0.2) is 42.5 Å². The van der Waals surface area contributed by atoms with Gasteiger partial charge in [-0.15, -0.1) is 0 Å². The minimum Gasteiger partial charge on any atom is -0.378 e. The van der Waals surface area contributed by atoms with Crippen LogP contribution in [0.1, 0.15) is 56.4 Å². The van der Waals surface area contributed by atoms with Gasteiger partial charge in [-0.05, 0) is 49.1 Å². The number of rotatable bonds is 5. The molecule has 0 saturated carbocycles. The third-order valence-electron chi connectivity index (χ3n) is 6.64. The molecule has 4 nitrogen and oxygen atoms in total. The van der Waals surface area contributed by atoms with Crippen molar-refractivity contribution in [2.45, 2.75) is 45.1 Å². The fourth-order valence-corrected chi connectivity index (χ4v) is 5.04.